The summed E-state index contributed by atoms with van der Waals surface area (Å²) in [5.74, 6) is 0. The number of ether oxygens (including phenoxy) is 1. The van der Waals surface area contributed by atoms with Gasteiger partial charge in [0.25, 0.3) is 0 Å². The number of amides is 1. The third-order valence-electron chi connectivity index (χ3n) is 3.75. The highest BCUT2D eigenvalue weighted by atomic mass is 16.6. The maximum absolute atomic E-state index is 12.2. The number of carbonyl (C=O) groups excluding carboxylic acids is 1. The highest BCUT2D eigenvalue weighted by Crippen LogP contribution is 2.20. The lowest BCUT2D eigenvalue weighted by molar-refractivity contribution is 0.0195. The van der Waals surface area contributed by atoms with Gasteiger partial charge in [-0.2, -0.15) is 0 Å². The third-order valence-corrected chi connectivity index (χ3v) is 3.75. The lowest BCUT2D eigenvalue weighted by Crippen LogP contribution is -2.49. The summed E-state index contributed by atoms with van der Waals surface area (Å²) in [7, 11) is 0. The van der Waals surface area contributed by atoms with Crippen molar-refractivity contribution in [3.63, 3.8) is 0 Å². The molecule has 1 heterocycles. The van der Waals surface area contributed by atoms with Crippen molar-refractivity contribution < 1.29 is 9.53 Å². The fraction of sp³-hybridized carbons (Fsp3) is 0.611. The van der Waals surface area contributed by atoms with E-state index in [1.54, 1.807) is 4.90 Å². The van der Waals surface area contributed by atoms with E-state index in [1.807, 2.05) is 20.8 Å². The van der Waals surface area contributed by atoms with Crippen LogP contribution in [0, 0.1) is 0 Å². The minimum atomic E-state index is -0.445. The minimum Gasteiger partial charge on any atom is -0.444 e. The Hall–Kier alpha value is -1.55. The molecular formula is C18H28N2O2. The lowest BCUT2D eigenvalue weighted by Gasteiger charge is -2.35. The van der Waals surface area contributed by atoms with Gasteiger partial charge >= 0.3 is 6.09 Å². The van der Waals surface area contributed by atoms with Gasteiger partial charge in [-0.25, -0.2) is 4.79 Å². The van der Waals surface area contributed by atoms with Crippen LogP contribution in [-0.4, -0.2) is 36.2 Å². The third kappa shape index (κ3) is 4.73. The summed E-state index contributed by atoms with van der Waals surface area (Å²) in [6.07, 6.45) is 2.05. The van der Waals surface area contributed by atoms with Gasteiger partial charge in [0.2, 0.25) is 0 Å². The first-order valence-electron chi connectivity index (χ1n) is 8.19. The fourth-order valence-corrected chi connectivity index (χ4v) is 2.67. The maximum atomic E-state index is 12.2. The molecule has 1 atom stereocenters. The molecule has 1 aromatic carbocycles. The first-order valence-corrected chi connectivity index (χ1v) is 8.19. The predicted molar refractivity (Wildman–Crippen MR) is 89.0 cm³/mol. The molecule has 1 amide bonds. The smallest absolute Gasteiger partial charge is 0.410 e. The summed E-state index contributed by atoms with van der Waals surface area (Å²) in [5.41, 5.74) is 2.15. The van der Waals surface area contributed by atoms with Gasteiger partial charge in [0.1, 0.15) is 5.60 Å². The first-order chi connectivity index (χ1) is 10.4. The van der Waals surface area contributed by atoms with Crippen LogP contribution in [-0.2, 0) is 11.2 Å². The Labute approximate surface area is 133 Å². The summed E-state index contributed by atoms with van der Waals surface area (Å²) in [6, 6.07) is 8.89. The van der Waals surface area contributed by atoms with Crippen molar-refractivity contribution >= 4 is 6.09 Å². The molecule has 1 N–H and O–H groups in total. The number of carbonyl (C=O) groups is 1. The molecule has 0 bridgehead atoms. The monoisotopic (exact) mass is 304 g/mol. The number of nitrogens with one attached hydrogen (secondary N) is 1. The van der Waals surface area contributed by atoms with Crippen molar-refractivity contribution in [2.45, 2.75) is 52.2 Å². The second kappa shape index (κ2) is 7.14. The van der Waals surface area contributed by atoms with Crippen LogP contribution in [0.2, 0.25) is 0 Å². The van der Waals surface area contributed by atoms with E-state index in [-0.39, 0.29) is 12.1 Å². The highest BCUT2D eigenvalue weighted by molar-refractivity contribution is 5.68. The fourth-order valence-electron chi connectivity index (χ4n) is 2.67. The SMILES string of the molecule is CCCc1ccc(C2CN(C(=O)OC(C)(C)C)CCN2)cc1. The van der Waals surface area contributed by atoms with Crippen LogP contribution < -0.4 is 5.32 Å². The van der Waals surface area contributed by atoms with Crippen LogP contribution in [0.4, 0.5) is 4.79 Å². The zero-order chi connectivity index (χ0) is 16.2. The standard InChI is InChI=1S/C18H28N2O2/c1-5-6-14-7-9-15(10-8-14)16-13-20(12-11-19-16)17(21)22-18(2,3)4/h7-10,16,19H,5-6,11-13H2,1-4H3. The van der Waals surface area contributed by atoms with E-state index in [2.05, 4.69) is 36.5 Å². The molecule has 0 aromatic heterocycles. The molecular weight excluding hydrogens is 276 g/mol. The molecule has 0 saturated carbocycles. The normalized spacial score (nSPS) is 19.1. The molecule has 1 aliphatic heterocycles. The molecule has 122 valence electrons. The van der Waals surface area contributed by atoms with Crippen molar-refractivity contribution in [3.8, 4) is 0 Å². The number of nitrogens with zero attached hydrogens (tertiary/aromatic N) is 1. The van der Waals surface area contributed by atoms with Gasteiger partial charge in [-0.15, -0.1) is 0 Å². The first kappa shape index (κ1) is 16.8. The zero-order valence-electron chi connectivity index (χ0n) is 14.2. The van der Waals surface area contributed by atoms with Gasteiger partial charge in [-0.3, -0.25) is 0 Å². The van der Waals surface area contributed by atoms with Gasteiger partial charge in [0.15, 0.2) is 0 Å². The average molecular weight is 304 g/mol. The van der Waals surface area contributed by atoms with E-state index in [4.69, 9.17) is 4.74 Å². The van der Waals surface area contributed by atoms with Crippen molar-refractivity contribution in [3.05, 3.63) is 35.4 Å². The van der Waals surface area contributed by atoms with Crippen molar-refractivity contribution in [1.29, 1.82) is 0 Å². The maximum Gasteiger partial charge on any atom is 0.410 e. The van der Waals surface area contributed by atoms with Crippen LogP contribution in [0.5, 0.6) is 0 Å². The Balaban J connectivity index is 1.99. The molecule has 22 heavy (non-hydrogen) atoms. The minimum absolute atomic E-state index is 0.178. The summed E-state index contributed by atoms with van der Waals surface area (Å²) >= 11 is 0. The molecule has 0 spiro atoms. The Morgan fingerprint density at radius 2 is 2.00 bits per heavy atom. The predicted octanol–water partition coefficient (Wildman–Crippen LogP) is 3.52. The van der Waals surface area contributed by atoms with E-state index in [1.165, 1.54) is 11.1 Å². The summed E-state index contributed by atoms with van der Waals surface area (Å²) in [5, 5.41) is 3.49. The van der Waals surface area contributed by atoms with Crippen LogP contribution in [0.15, 0.2) is 24.3 Å². The van der Waals surface area contributed by atoms with E-state index < -0.39 is 5.60 Å². The molecule has 1 unspecified atom stereocenters. The average Bonchev–Trinajstić information content (AvgIpc) is 2.47. The molecule has 4 heteroatoms. The summed E-state index contributed by atoms with van der Waals surface area (Å²) < 4.78 is 5.47. The number of benzene rings is 1. The summed E-state index contributed by atoms with van der Waals surface area (Å²) in [6.45, 7) is 10.0. The van der Waals surface area contributed by atoms with E-state index in [9.17, 15) is 4.79 Å². The highest BCUT2D eigenvalue weighted by Gasteiger charge is 2.27. The topological polar surface area (TPSA) is 41.6 Å². The second-order valence-corrected chi connectivity index (χ2v) is 6.92. The number of aryl methyl sites for hydroxylation is 1. The van der Waals surface area contributed by atoms with Crippen LogP contribution in [0.25, 0.3) is 0 Å². The quantitative estimate of drug-likeness (QED) is 0.929. The Bertz CT molecular complexity index is 491. The lowest BCUT2D eigenvalue weighted by atomic mass is 10.0. The molecule has 0 aliphatic carbocycles. The molecule has 1 aromatic rings. The van der Waals surface area contributed by atoms with Crippen LogP contribution in [0.1, 0.15) is 51.3 Å². The summed E-state index contributed by atoms with van der Waals surface area (Å²) in [4.78, 5) is 14.0. The van der Waals surface area contributed by atoms with Gasteiger partial charge in [0.05, 0.1) is 6.04 Å². The van der Waals surface area contributed by atoms with Crippen molar-refractivity contribution in [2.75, 3.05) is 19.6 Å². The second-order valence-electron chi connectivity index (χ2n) is 6.92. The Kier molecular flexibility index (Phi) is 5.46. The van der Waals surface area contributed by atoms with Gasteiger partial charge in [-0.1, -0.05) is 37.6 Å². The molecule has 1 fully saturated rings. The molecule has 2 rings (SSSR count). The van der Waals surface area contributed by atoms with Crippen molar-refractivity contribution in [2.24, 2.45) is 0 Å². The number of piperazine rings is 1. The molecule has 4 nitrogen and oxygen atoms in total. The van der Waals surface area contributed by atoms with Gasteiger partial charge in [-0.05, 0) is 38.3 Å². The van der Waals surface area contributed by atoms with Crippen LogP contribution in [0.3, 0.4) is 0 Å². The van der Waals surface area contributed by atoms with Gasteiger partial charge < -0.3 is 15.0 Å². The van der Waals surface area contributed by atoms with E-state index in [0.717, 1.165) is 19.4 Å². The van der Waals surface area contributed by atoms with E-state index in [0.29, 0.717) is 13.1 Å². The molecule has 1 saturated heterocycles. The molecule has 0 radical (unpaired) electrons. The number of hydrogen-bond donors (Lipinski definition) is 1. The van der Waals surface area contributed by atoms with Gasteiger partial charge in [0, 0.05) is 19.6 Å². The van der Waals surface area contributed by atoms with Crippen molar-refractivity contribution in [1.82, 2.24) is 10.2 Å². The zero-order valence-corrected chi connectivity index (χ0v) is 14.2. The largest absolute Gasteiger partial charge is 0.444 e. The Morgan fingerprint density at radius 3 is 2.59 bits per heavy atom. The number of hydrogen-bond acceptors (Lipinski definition) is 3. The van der Waals surface area contributed by atoms with Crippen LogP contribution >= 0.6 is 0 Å². The number of rotatable bonds is 3. The van der Waals surface area contributed by atoms with E-state index >= 15 is 0 Å². The molecule has 1 aliphatic rings. The Morgan fingerprint density at radius 1 is 1.32 bits per heavy atom.